The van der Waals surface area contributed by atoms with E-state index in [-0.39, 0.29) is 0 Å². The fourth-order valence-corrected chi connectivity index (χ4v) is 3.90. The molecule has 1 aliphatic rings. The van der Waals surface area contributed by atoms with Crippen LogP contribution < -0.4 is 16.4 Å². The number of amides is 1. The first-order valence-electron chi connectivity index (χ1n) is 8.31. The number of hydrogen-bond donors (Lipinski definition) is 3. The summed E-state index contributed by atoms with van der Waals surface area (Å²) in [4.78, 5) is 20.7. The van der Waals surface area contributed by atoms with E-state index < -0.39 is 5.91 Å². The summed E-state index contributed by atoms with van der Waals surface area (Å²) < 4.78 is 0. The number of rotatable bonds is 4. The largest absolute Gasteiger partial charge is 0.366 e. The number of aromatic nitrogens is 2. The van der Waals surface area contributed by atoms with Gasteiger partial charge in [-0.25, -0.2) is 9.97 Å². The highest BCUT2D eigenvalue weighted by atomic mass is 32.1. The molecule has 1 amide bonds. The predicted octanol–water partition coefficient (Wildman–Crippen LogP) is 2.62. The third-order valence-corrected chi connectivity index (χ3v) is 5.18. The molecule has 4 rings (SSSR count). The summed E-state index contributed by atoms with van der Waals surface area (Å²) in [5, 5.41) is 11.8. The zero-order valence-corrected chi connectivity index (χ0v) is 14.5. The average Bonchev–Trinajstić information content (AvgIpc) is 3.17. The number of nitrogens with zero attached hydrogens (tertiary/aromatic N) is 2. The molecule has 0 unspecified atom stereocenters. The van der Waals surface area contributed by atoms with Gasteiger partial charge in [-0.1, -0.05) is 0 Å². The number of nitrogens with two attached hydrogens (primary N) is 1. The first-order valence-corrected chi connectivity index (χ1v) is 9.25. The van der Waals surface area contributed by atoms with E-state index in [1.807, 2.05) is 29.0 Å². The van der Waals surface area contributed by atoms with Gasteiger partial charge in [0.1, 0.15) is 12.1 Å². The van der Waals surface area contributed by atoms with E-state index in [2.05, 4.69) is 20.6 Å². The molecule has 0 spiro atoms. The van der Waals surface area contributed by atoms with Gasteiger partial charge in [0.15, 0.2) is 0 Å². The number of benzene rings is 1. The maximum Gasteiger partial charge on any atom is 0.250 e. The highest BCUT2D eigenvalue weighted by Crippen LogP contribution is 2.31. The van der Waals surface area contributed by atoms with Crippen LogP contribution in [0.2, 0.25) is 0 Å². The predicted molar refractivity (Wildman–Crippen MR) is 101 cm³/mol. The Morgan fingerprint density at radius 1 is 1.32 bits per heavy atom. The Labute approximate surface area is 149 Å². The van der Waals surface area contributed by atoms with Crippen LogP contribution in [0.4, 0.5) is 5.82 Å². The molecule has 1 aliphatic heterocycles. The molecule has 3 heterocycles. The molecule has 1 saturated heterocycles. The fourth-order valence-electron chi connectivity index (χ4n) is 3.23. The summed E-state index contributed by atoms with van der Waals surface area (Å²) in [6.07, 6.45) is 3.70. The monoisotopic (exact) mass is 353 g/mol. The Kier molecular flexibility index (Phi) is 4.33. The zero-order valence-electron chi connectivity index (χ0n) is 13.7. The Bertz CT molecular complexity index is 903. The Morgan fingerprint density at radius 2 is 2.24 bits per heavy atom. The van der Waals surface area contributed by atoms with Gasteiger partial charge < -0.3 is 16.4 Å². The van der Waals surface area contributed by atoms with Crippen LogP contribution in [-0.2, 0) is 0 Å². The minimum atomic E-state index is -0.480. The molecule has 2 aromatic heterocycles. The van der Waals surface area contributed by atoms with Crippen molar-refractivity contribution in [1.82, 2.24) is 15.3 Å². The second kappa shape index (κ2) is 6.78. The van der Waals surface area contributed by atoms with Gasteiger partial charge in [-0.3, -0.25) is 4.79 Å². The van der Waals surface area contributed by atoms with E-state index in [1.54, 1.807) is 11.3 Å². The number of fused-ring (bicyclic) bond motifs is 1. The Hall–Kier alpha value is -2.51. The van der Waals surface area contributed by atoms with Crippen LogP contribution in [0.1, 0.15) is 23.2 Å². The van der Waals surface area contributed by atoms with E-state index in [4.69, 9.17) is 5.73 Å². The molecule has 25 heavy (non-hydrogen) atoms. The van der Waals surface area contributed by atoms with Crippen LogP contribution in [0.15, 0.2) is 35.3 Å². The van der Waals surface area contributed by atoms with Crippen LogP contribution in [0.3, 0.4) is 0 Å². The molecule has 4 N–H and O–H groups in total. The van der Waals surface area contributed by atoms with Crippen molar-refractivity contribution in [2.24, 2.45) is 5.73 Å². The summed E-state index contributed by atoms with van der Waals surface area (Å²) in [6, 6.07) is 6.18. The topological polar surface area (TPSA) is 92.9 Å². The number of piperidine rings is 1. The molecule has 0 aliphatic carbocycles. The molecule has 128 valence electrons. The molecule has 6 nitrogen and oxygen atoms in total. The maximum absolute atomic E-state index is 12.0. The average molecular weight is 353 g/mol. The summed E-state index contributed by atoms with van der Waals surface area (Å²) in [6.45, 7) is 1.95. The van der Waals surface area contributed by atoms with Crippen LogP contribution >= 0.6 is 11.3 Å². The third-order valence-electron chi connectivity index (χ3n) is 4.50. The van der Waals surface area contributed by atoms with E-state index in [1.165, 1.54) is 6.33 Å². The Balaban J connectivity index is 1.84. The standard InChI is InChI=1S/C18H19N5OS/c19-17(24)14-6-12(11-3-5-25-9-11)7-15-16(14)21-10-22-18(15)23-13-2-1-4-20-8-13/h3,5-7,9-10,13,20H,1-2,4,8H2,(H2,19,24)(H,21,22,23)/t13-/m0/s1. The molecule has 0 radical (unpaired) electrons. The zero-order chi connectivity index (χ0) is 17.2. The van der Waals surface area contributed by atoms with Crippen molar-refractivity contribution in [2.75, 3.05) is 18.4 Å². The smallest absolute Gasteiger partial charge is 0.250 e. The van der Waals surface area contributed by atoms with Crippen molar-refractivity contribution in [2.45, 2.75) is 18.9 Å². The lowest BCUT2D eigenvalue weighted by molar-refractivity contribution is 0.100. The summed E-state index contributed by atoms with van der Waals surface area (Å²) in [5.74, 6) is 0.268. The van der Waals surface area contributed by atoms with Crippen molar-refractivity contribution < 1.29 is 4.79 Å². The second-order valence-corrected chi connectivity index (χ2v) is 6.99. The molecule has 1 fully saturated rings. The molecule has 7 heteroatoms. The molecule has 0 bridgehead atoms. The van der Waals surface area contributed by atoms with Crippen LogP contribution in [0.25, 0.3) is 22.0 Å². The van der Waals surface area contributed by atoms with Crippen molar-refractivity contribution in [1.29, 1.82) is 0 Å². The van der Waals surface area contributed by atoms with Gasteiger partial charge in [-0.2, -0.15) is 11.3 Å². The van der Waals surface area contributed by atoms with Gasteiger partial charge in [0, 0.05) is 18.0 Å². The van der Waals surface area contributed by atoms with Gasteiger partial charge in [0.05, 0.1) is 11.1 Å². The SMILES string of the molecule is NC(=O)c1cc(-c2ccsc2)cc2c(N[C@H]3CCCNC3)ncnc12. The number of nitrogens with one attached hydrogen (secondary N) is 2. The third kappa shape index (κ3) is 3.20. The number of thiophene rings is 1. The first-order chi connectivity index (χ1) is 12.2. The van der Waals surface area contributed by atoms with Crippen LogP contribution in [0.5, 0.6) is 0 Å². The molecule has 1 aromatic carbocycles. The van der Waals surface area contributed by atoms with Crippen molar-refractivity contribution in [3.63, 3.8) is 0 Å². The normalized spacial score (nSPS) is 17.5. The van der Waals surface area contributed by atoms with Gasteiger partial charge in [-0.05, 0) is 59.5 Å². The van der Waals surface area contributed by atoms with Gasteiger partial charge >= 0.3 is 0 Å². The van der Waals surface area contributed by atoms with Gasteiger partial charge in [-0.15, -0.1) is 0 Å². The highest BCUT2D eigenvalue weighted by molar-refractivity contribution is 7.08. The highest BCUT2D eigenvalue weighted by Gasteiger charge is 2.18. The van der Waals surface area contributed by atoms with Crippen molar-refractivity contribution in [3.8, 4) is 11.1 Å². The van der Waals surface area contributed by atoms with Gasteiger partial charge in [0.25, 0.3) is 5.91 Å². The fraction of sp³-hybridized carbons (Fsp3) is 0.278. The minimum Gasteiger partial charge on any atom is -0.366 e. The van der Waals surface area contributed by atoms with Crippen LogP contribution in [-0.4, -0.2) is 35.0 Å². The molecular formula is C18H19N5OS. The molecular weight excluding hydrogens is 334 g/mol. The maximum atomic E-state index is 12.0. The van der Waals surface area contributed by atoms with E-state index in [9.17, 15) is 4.79 Å². The number of hydrogen-bond acceptors (Lipinski definition) is 6. The summed E-state index contributed by atoms with van der Waals surface area (Å²) >= 11 is 1.62. The number of carbonyl (C=O) groups excluding carboxylic acids is 1. The summed E-state index contributed by atoms with van der Waals surface area (Å²) in [7, 11) is 0. The minimum absolute atomic E-state index is 0.314. The van der Waals surface area contributed by atoms with E-state index >= 15 is 0 Å². The first kappa shape index (κ1) is 16.0. The lowest BCUT2D eigenvalue weighted by Crippen LogP contribution is -2.38. The number of carbonyl (C=O) groups is 1. The Morgan fingerprint density at radius 3 is 2.96 bits per heavy atom. The summed E-state index contributed by atoms with van der Waals surface area (Å²) in [5.41, 5.74) is 8.63. The van der Waals surface area contributed by atoms with Crippen molar-refractivity contribution in [3.05, 3.63) is 40.8 Å². The van der Waals surface area contributed by atoms with Gasteiger partial charge in [0.2, 0.25) is 0 Å². The lowest BCUT2D eigenvalue weighted by atomic mass is 10.0. The molecule has 1 atom stereocenters. The molecule has 3 aromatic rings. The lowest BCUT2D eigenvalue weighted by Gasteiger charge is -2.25. The van der Waals surface area contributed by atoms with E-state index in [0.717, 1.165) is 48.3 Å². The van der Waals surface area contributed by atoms with Crippen molar-refractivity contribution >= 4 is 34.0 Å². The molecule has 0 saturated carbocycles. The second-order valence-electron chi connectivity index (χ2n) is 6.21. The van der Waals surface area contributed by atoms with E-state index in [0.29, 0.717) is 17.1 Å². The number of anilines is 1. The van der Waals surface area contributed by atoms with Crippen LogP contribution in [0, 0.1) is 0 Å². The number of primary amides is 1. The quantitative estimate of drug-likeness (QED) is 0.670.